The van der Waals surface area contributed by atoms with Crippen molar-refractivity contribution in [2.75, 3.05) is 37.4 Å². The van der Waals surface area contributed by atoms with Gasteiger partial charge in [-0.15, -0.1) is 0 Å². The minimum Gasteiger partial charge on any atom is -0.462 e. The topological polar surface area (TPSA) is 134 Å². The average Bonchev–Trinajstić information content (AvgIpc) is 3.27. The van der Waals surface area contributed by atoms with Gasteiger partial charge in [0.2, 0.25) is 5.91 Å². The van der Waals surface area contributed by atoms with Crippen molar-refractivity contribution in [1.82, 2.24) is 14.9 Å². The minimum atomic E-state index is -0.792. The van der Waals surface area contributed by atoms with Crippen molar-refractivity contribution >= 4 is 17.4 Å². The Bertz CT molecular complexity index is 1140. The molecule has 2 aliphatic heterocycles. The SMILES string of the molecule is C=CC(N)=O.CC.CCCC#N.Cc1cccc(N2CCc3c(N)nc(OC[C@@H]4C[C@@H](F)CN4C)nc3C2)c1C. The number of unbranched alkanes of at least 4 members (excludes halogenated alkanes) is 1. The molecule has 2 aromatic rings. The first kappa shape index (κ1) is 34.3. The Kier molecular flexibility index (Phi) is 15.3. The van der Waals surface area contributed by atoms with Crippen LogP contribution in [0.1, 0.15) is 62.4 Å². The maximum atomic E-state index is 13.6. The highest BCUT2D eigenvalue weighted by Gasteiger charge is 2.30. The number of carbonyl (C=O) groups excluding carboxylic acids is 1. The molecule has 1 amide bonds. The molecule has 3 heterocycles. The summed E-state index contributed by atoms with van der Waals surface area (Å²) in [5, 5.41) is 7.82. The van der Waals surface area contributed by atoms with Gasteiger partial charge >= 0.3 is 6.01 Å². The van der Waals surface area contributed by atoms with Gasteiger partial charge in [-0.3, -0.25) is 9.69 Å². The molecule has 0 spiro atoms. The van der Waals surface area contributed by atoms with Crippen molar-refractivity contribution in [1.29, 1.82) is 5.26 Å². The van der Waals surface area contributed by atoms with Crippen LogP contribution in [0.2, 0.25) is 0 Å². The third-order valence-corrected chi connectivity index (χ3v) is 6.60. The van der Waals surface area contributed by atoms with E-state index >= 15 is 0 Å². The Labute approximate surface area is 239 Å². The van der Waals surface area contributed by atoms with Crippen molar-refractivity contribution in [3.8, 4) is 12.1 Å². The fourth-order valence-electron chi connectivity index (χ4n) is 4.27. The Morgan fingerprint density at radius 3 is 2.52 bits per heavy atom. The molecule has 4 N–H and O–H groups in total. The maximum Gasteiger partial charge on any atom is 0.318 e. The van der Waals surface area contributed by atoms with Crippen LogP contribution in [0.15, 0.2) is 30.9 Å². The molecular weight excluding hydrogens is 509 g/mol. The summed E-state index contributed by atoms with van der Waals surface area (Å²) in [7, 11) is 1.91. The second-order valence-electron chi connectivity index (χ2n) is 9.46. The predicted molar refractivity (Wildman–Crippen MR) is 160 cm³/mol. The number of nitriles is 1. The number of alkyl halides is 1. The van der Waals surface area contributed by atoms with Crippen molar-refractivity contribution < 1.29 is 13.9 Å². The van der Waals surface area contributed by atoms with Crippen LogP contribution < -0.4 is 21.1 Å². The van der Waals surface area contributed by atoms with Gasteiger partial charge in [-0.25, -0.2) is 4.39 Å². The van der Waals surface area contributed by atoms with Gasteiger partial charge in [0.15, 0.2) is 0 Å². The summed E-state index contributed by atoms with van der Waals surface area (Å²) in [4.78, 5) is 22.8. The van der Waals surface area contributed by atoms with Gasteiger partial charge in [0, 0.05) is 36.8 Å². The van der Waals surface area contributed by atoms with Crippen molar-refractivity contribution in [3.63, 3.8) is 0 Å². The molecule has 0 bridgehead atoms. The van der Waals surface area contributed by atoms with Crippen LogP contribution in [0, 0.1) is 25.2 Å². The molecule has 0 radical (unpaired) electrons. The number of nitrogen functional groups attached to an aromatic ring is 1. The zero-order chi connectivity index (χ0) is 30.2. The van der Waals surface area contributed by atoms with Crippen LogP contribution in [0.4, 0.5) is 15.9 Å². The zero-order valence-corrected chi connectivity index (χ0v) is 24.9. The molecule has 1 saturated heterocycles. The monoisotopic (exact) mass is 555 g/mol. The summed E-state index contributed by atoms with van der Waals surface area (Å²) >= 11 is 0. The maximum absolute atomic E-state index is 13.6. The quantitative estimate of drug-likeness (QED) is 0.492. The van der Waals surface area contributed by atoms with E-state index in [2.05, 4.69) is 59.2 Å². The van der Waals surface area contributed by atoms with Crippen molar-refractivity contribution in [3.05, 3.63) is 53.2 Å². The number of likely N-dealkylation sites (N-methyl/N-ethyl adjacent to an activating group) is 1. The summed E-state index contributed by atoms with van der Waals surface area (Å²) < 4.78 is 19.4. The largest absolute Gasteiger partial charge is 0.462 e. The van der Waals surface area contributed by atoms with Crippen LogP contribution in [0.25, 0.3) is 0 Å². The molecule has 1 aromatic carbocycles. The number of hydrogen-bond donors (Lipinski definition) is 2. The number of nitrogens with two attached hydrogens (primary N) is 2. The van der Waals surface area contributed by atoms with E-state index in [4.69, 9.17) is 15.7 Å². The van der Waals surface area contributed by atoms with Gasteiger partial charge < -0.3 is 21.1 Å². The number of benzene rings is 1. The van der Waals surface area contributed by atoms with Gasteiger partial charge in [0.05, 0.1) is 18.3 Å². The highest BCUT2D eigenvalue weighted by atomic mass is 19.1. The van der Waals surface area contributed by atoms with Crippen LogP contribution in [0.3, 0.4) is 0 Å². The number of aromatic nitrogens is 2. The fraction of sp³-hybridized carbons (Fsp3) is 0.533. The molecule has 1 fully saturated rings. The van der Waals surface area contributed by atoms with Crippen LogP contribution in [-0.2, 0) is 17.8 Å². The lowest BCUT2D eigenvalue weighted by atomic mass is 10.0. The fourth-order valence-corrected chi connectivity index (χ4v) is 4.27. The molecular formula is C30H46FN7O2. The Morgan fingerprint density at radius 2 is 2.00 bits per heavy atom. The Morgan fingerprint density at radius 1 is 1.32 bits per heavy atom. The first-order chi connectivity index (χ1) is 19.1. The van der Waals surface area contributed by atoms with Gasteiger partial charge in [-0.1, -0.05) is 39.5 Å². The van der Waals surface area contributed by atoms with E-state index in [0.29, 0.717) is 38.4 Å². The summed E-state index contributed by atoms with van der Waals surface area (Å²) in [6.07, 6.45) is 3.23. The van der Waals surface area contributed by atoms with E-state index in [0.717, 1.165) is 36.7 Å². The number of carbonyl (C=O) groups is 1. The molecule has 0 saturated carbocycles. The number of amides is 1. The van der Waals surface area contributed by atoms with Gasteiger partial charge in [-0.2, -0.15) is 15.2 Å². The number of halogens is 1. The summed E-state index contributed by atoms with van der Waals surface area (Å²) in [6.45, 7) is 15.7. The number of hydrogen-bond acceptors (Lipinski definition) is 8. The molecule has 1 aromatic heterocycles. The molecule has 0 aliphatic carbocycles. The van der Waals surface area contributed by atoms with Crippen LogP contribution >= 0.6 is 0 Å². The second kappa shape index (κ2) is 17.8. The minimum absolute atomic E-state index is 0.0438. The number of fused-ring (bicyclic) bond motifs is 1. The second-order valence-corrected chi connectivity index (χ2v) is 9.46. The highest BCUT2D eigenvalue weighted by molar-refractivity contribution is 5.85. The standard InChI is InChI=1S/C21H28FN5O.C4H7N.C3H5NO.C2H6/c1-13-5-4-6-19(14(13)2)27-8-7-17-18(11-27)24-21(25-20(17)23)28-12-16-9-15(22)10-26(16)3;1-2-3-4-5;1-2-3(4)5;1-2/h4-6,15-16H,7-12H2,1-3H3,(H2,23,24,25);2-3H2,1H3;2H,1H2,(H2,4,5);1-2H3/t15-,16+;;;/m1.../s1. The lowest BCUT2D eigenvalue weighted by molar-refractivity contribution is -0.113. The lowest BCUT2D eigenvalue weighted by Gasteiger charge is -2.32. The number of anilines is 2. The summed E-state index contributed by atoms with van der Waals surface area (Å²) in [5.41, 5.74) is 16.4. The Balaban J connectivity index is 0.000000568. The van der Waals surface area contributed by atoms with E-state index in [-0.39, 0.29) is 12.1 Å². The molecule has 2 atom stereocenters. The Hall–Kier alpha value is -3.71. The van der Waals surface area contributed by atoms with E-state index in [1.54, 1.807) is 0 Å². The van der Waals surface area contributed by atoms with Crippen LogP contribution in [0.5, 0.6) is 6.01 Å². The van der Waals surface area contributed by atoms with E-state index in [1.807, 2.05) is 38.8 Å². The van der Waals surface area contributed by atoms with Gasteiger partial charge in [0.25, 0.3) is 0 Å². The first-order valence-corrected chi connectivity index (χ1v) is 13.8. The molecule has 0 unspecified atom stereocenters. The number of ether oxygens (including phenoxy) is 1. The number of aryl methyl sites for hydroxylation is 1. The number of rotatable bonds is 6. The molecule has 4 rings (SSSR count). The summed E-state index contributed by atoms with van der Waals surface area (Å²) in [5.74, 6) is 0.00811. The third kappa shape index (κ3) is 10.5. The first-order valence-electron chi connectivity index (χ1n) is 13.8. The average molecular weight is 556 g/mol. The zero-order valence-electron chi connectivity index (χ0n) is 24.9. The van der Waals surface area contributed by atoms with Crippen molar-refractivity contribution in [2.24, 2.45) is 5.73 Å². The number of likely N-dealkylation sites (tertiary alicyclic amines) is 1. The molecule has 40 heavy (non-hydrogen) atoms. The smallest absolute Gasteiger partial charge is 0.318 e. The normalized spacial score (nSPS) is 17.4. The van der Waals surface area contributed by atoms with Gasteiger partial charge in [-0.05, 0) is 63.4 Å². The van der Waals surface area contributed by atoms with Gasteiger partial charge in [0.1, 0.15) is 18.6 Å². The predicted octanol–water partition coefficient (Wildman–Crippen LogP) is 4.65. The molecule has 2 aliphatic rings. The third-order valence-electron chi connectivity index (χ3n) is 6.60. The molecule has 9 nitrogen and oxygen atoms in total. The molecule has 10 heteroatoms. The van der Waals surface area contributed by atoms with Crippen LogP contribution in [-0.4, -0.2) is 59.7 Å². The number of primary amides is 1. The van der Waals surface area contributed by atoms with E-state index in [9.17, 15) is 9.18 Å². The summed E-state index contributed by atoms with van der Waals surface area (Å²) in [6, 6.07) is 8.72. The van der Waals surface area contributed by atoms with E-state index in [1.165, 1.54) is 16.8 Å². The highest BCUT2D eigenvalue weighted by Crippen LogP contribution is 2.30. The molecule has 220 valence electrons. The van der Waals surface area contributed by atoms with E-state index < -0.39 is 12.1 Å². The number of nitrogens with zero attached hydrogens (tertiary/aromatic N) is 5. The van der Waals surface area contributed by atoms with Crippen molar-refractivity contribution in [2.45, 2.75) is 79.1 Å². The lowest BCUT2D eigenvalue weighted by Crippen LogP contribution is -2.33.